The predicted molar refractivity (Wildman–Crippen MR) is 78.6 cm³/mol. The Bertz CT molecular complexity index is 941. The molecule has 8 nitrogen and oxygen atoms in total. The standard InChI is InChI=1S/C14H13N3O5/c1-21-10-3-7-8-5-15-17(6-12(18)19)14(20)13(8)16-9(7)4-11(10)22-2/h3-5,16H,6H2,1-2H3,(H,18,19). The van der Waals surface area contributed by atoms with E-state index in [0.29, 0.717) is 27.9 Å². The van der Waals surface area contributed by atoms with Gasteiger partial charge in [-0.15, -0.1) is 0 Å². The second kappa shape index (κ2) is 5.06. The average molecular weight is 303 g/mol. The number of hydrogen-bond acceptors (Lipinski definition) is 5. The van der Waals surface area contributed by atoms with Crippen LogP contribution in [0.3, 0.4) is 0 Å². The van der Waals surface area contributed by atoms with Gasteiger partial charge in [-0.1, -0.05) is 0 Å². The molecule has 0 unspecified atom stereocenters. The summed E-state index contributed by atoms with van der Waals surface area (Å²) in [6.45, 7) is -0.489. The zero-order valence-corrected chi connectivity index (χ0v) is 11.9. The third-order valence-corrected chi connectivity index (χ3v) is 3.40. The van der Waals surface area contributed by atoms with Gasteiger partial charge < -0.3 is 19.6 Å². The smallest absolute Gasteiger partial charge is 0.325 e. The number of aliphatic carboxylic acids is 1. The van der Waals surface area contributed by atoms with Gasteiger partial charge in [-0.25, -0.2) is 4.68 Å². The number of H-pyrrole nitrogens is 1. The summed E-state index contributed by atoms with van der Waals surface area (Å²) in [5.41, 5.74) is 0.482. The van der Waals surface area contributed by atoms with Crippen molar-refractivity contribution in [2.75, 3.05) is 14.2 Å². The molecular weight excluding hydrogens is 290 g/mol. The van der Waals surface area contributed by atoms with E-state index in [0.717, 1.165) is 10.1 Å². The lowest BCUT2D eigenvalue weighted by molar-refractivity contribution is -0.137. The first-order valence-corrected chi connectivity index (χ1v) is 6.40. The molecule has 0 aliphatic heterocycles. The highest BCUT2D eigenvalue weighted by atomic mass is 16.5. The summed E-state index contributed by atoms with van der Waals surface area (Å²) in [5, 5.41) is 14.0. The molecule has 0 amide bonds. The molecule has 0 aliphatic rings. The van der Waals surface area contributed by atoms with E-state index < -0.39 is 18.1 Å². The number of carbonyl (C=O) groups is 1. The first-order valence-electron chi connectivity index (χ1n) is 6.40. The highest BCUT2D eigenvalue weighted by molar-refractivity contribution is 6.07. The molecule has 0 fully saturated rings. The lowest BCUT2D eigenvalue weighted by Crippen LogP contribution is -2.26. The predicted octanol–water partition coefficient (Wildman–Crippen LogP) is 0.980. The van der Waals surface area contributed by atoms with Crippen molar-refractivity contribution in [3.63, 3.8) is 0 Å². The second-order valence-corrected chi connectivity index (χ2v) is 4.67. The summed E-state index contributed by atoms with van der Waals surface area (Å²) < 4.78 is 11.4. The molecule has 22 heavy (non-hydrogen) atoms. The van der Waals surface area contributed by atoms with Crippen LogP contribution in [0, 0.1) is 0 Å². The summed E-state index contributed by atoms with van der Waals surface area (Å²) >= 11 is 0. The molecule has 0 atom stereocenters. The SMILES string of the molecule is COc1cc2[nH]c3c(=O)n(CC(=O)O)ncc3c2cc1OC. The third kappa shape index (κ3) is 2.05. The molecule has 3 aromatic rings. The van der Waals surface area contributed by atoms with E-state index in [4.69, 9.17) is 14.6 Å². The molecule has 0 spiro atoms. The minimum absolute atomic E-state index is 0.293. The fourth-order valence-corrected chi connectivity index (χ4v) is 2.39. The number of hydrogen-bond donors (Lipinski definition) is 2. The molecule has 2 N–H and O–H groups in total. The maximum absolute atomic E-state index is 12.3. The molecule has 2 heterocycles. The van der Waals surface area contributed by atoms with Gasteiger partial charge in [0.1, 0.15) is 12.1 Å². The first-order chi connectivity index (χ1) is 10.5. The van der Waals surface area contributed by atoms with E-state index in [2.05, 4.69) is 10.1 Å². The fraction of sp³-hybridized carbons (Fsp3) is 0.214. The number of rotatable bonds is 4. The molecule has 0 saturated heterocycles. The number of benzene rings is 1. The second-order valence-electron chi connectivity index (χ2n) is 4.67. The van der Waals surface area contributed by atoms with Gasteiger partial charge in [0.15, 0.2) is 11.5 Å². The van der Waals surface area contributed by atoms with E-state index in [1.54, 1.807) is 12.1 Å². The maximum atomic E-state index is 12.3. The Labute approximate surface area is 123 Å². The van der Waals surface area contributed by atoms with Crippen molar-refractivity contribution in [3.8, 4) is 11.5 Å². The van der Waals surface area contributed by atoms with Crippen molar-refractivity contribution in [2.45, 2.75) is 6.54 Å². The van der Waals surface area contributed by atoms with Gasteiger partial charge in [0, 0.05) is 16.8 Å². The number of carboxylic acids is 1. The van der Waals surface area contributed by atoms with Gasteiger partial charge >= 0.3 is 5.97 Å². The monoisotopic (exact) mass is 303 g/mol. The number of aromatic amines is 1. The van der Waals surface area contributed by atoms with Gasteiger partial charge in [-0.05, 0) is 6.07 Å². The Morgan fingerprint density at radius 3 is 2.59 bits per heavy atom. The van der Waals surface area contributed by atoms with E-state index in [1.807, 2.05) is 0 Å². The average Bonchev–Trinajstić information content (AvgIpc) is 2.86. The van der Waals surface area contributed by atoms with Crippen LogP contribution in [0.15, 0.2) is 23.1 Å². The molecule has 8 heteroatoms. The van der Waals surface area contributed by atoms with Crippen LogP contribution in [0.2, 0.25) is 0 Å². The van der Waals surface area contributed by atoms with Crippen LogP contribution in [-0.4, -0.2) is 40.1 Å². The Morgan fingerprint density at radius 2 is 1.95 bits per heavy atom. The molecule has 0 radical (unpaired) electrons. The molecule has 1 aromatic carbocycles. The molecule has 114 valence electrons. The fourth-order valence-electron chi connectivity index (χ4n) is 2.39. The minimum atomic E-state index is -1.13. The molecule has 3 rings (SSSR count). The lowest BCUT2D eigenvalue weighted by atomic mass is 10.2. The summed E-state index contributed by atoms with van der Waals surface area (Å²) in [6, 6.07) is 3.46. The number of ether oxygens (including phenoxy) is 2. The van der Waals surface area contributed by atoms with Crippen molar-refractivity contribution in [1.82, 2.24) is 14.8 Å². The third-order valence-electron chi connectivity index (χ3n) is 3.40. The number of aromatic nitrogens is 3. The van der Waals surface area contributed by atoms with Crippen LogP contribution >= 0.6 is 0 Å². The van der Waals surface area contributed by atoms with E-state index in [1.165, 1.54) is 20.4 Å². The molecule has 0 aliphatic carbocycles. The number of nitrogens with one attached hydrogen (secondary N) is 1. The summed E-state index contributed by atoms with van der Waals surface area (Å²) in [4.78, 5) is 26.0. The Morgan fingerprint density at radius 1 is 1.27 bits per heavy atom. The maximum Gasteiger partial charge on any atom is 0.325 e. The first kappa shape index (κ1) is 13.9. The Hall–Kier alpha value is -3.03. The zero-order valence-electron chi connectivity index (χ0n) is 11.9. The van der Waals surface area contributed by atoms with Gasteiger partial charge in [0.25, 0.3) is 5.56 Å². The molecule has 0 bridgehead atoms. The van der Waals surface area contributed by atoms with Crippen LogP contribution in [0.1, 0.15) is 0 Å². The highest BCUT2D eigenvalue weighted by Crippen LogP contribution is 2.34. The summed E-state index contributed by atoms with van der Waals surface area (Å²) in [5.74, 6) is -0.0700. The van der Waals surface area contributed by atoms with E-state index in [-0.39, 0.29) is 0 Å². The van der Waals surface area contributed by atoms with Crippen molar-refractivity contribution in [3.05, 3.63) is 28.7 Å². The highest BCUT2D eigenvalue weighted by Gasteiger charge is 2.15. The summed E-state index contributed by atoms with van der Waals surface area (Å²) in [6.07, 6.45) is 1.46. The lowest BCUT2D eigenvalue weighted by Gasteiger charge is -2.07. The van der Waals surface area contributed by atoms with Crippen LogP contribution in [0.5, 0.6) is 11.5 Å². The van der Waals surface area contributed by atoms with E-state index >= 15 is 0 Å². The largest absolute Gasteiger partial charge is 0.493 e. The van der Waals surface area contributed by atoms with E-state index in [9.17, 15) is 9.59 Å². The quantitative estimate of drug-likeness (QED) is 0.744. The van der Waals surface area contributed by atoms with Crippen molar-refractivity contribution < 1.29 is 19.4 Å². The Balaban J connectivity index is 2.32. The van der Waals surface area contributed by atoms with Crippen LogP contribution < -0.4 is 15.0 Å². The van der Waals surface area contributed by atoms with Crippen molar-refractivity contribution in [2.24, 2.45) is 0 Å². The zero-order chi connectivity index (χ0) is 15.9. The minimum Gasteiger partial charge on any atom is -0.493 e. The van der Waals surface area contributed by atoms with Crippen LogP contribution in [-0.2, 0) is 11.3 Å². The van der Waals surface area contributed by atoms with Crippen LogP contribution in [0.25, 0.3) is 21.8 Å². The molecule has 0 saturated carbocycles. The Kier molecular flexibility index (Phi) is 3.21. The summed E-state index contributed by atoms with van der Waals surface area (Å²) in [7, 11) is 3.05. The molecule has 2 aromatic heterocycles. The number of nitrogens with zero attached hydrogens (tertiary/aromatic N) is 2. The van der Waals surface area contributed by atoms with Gasteiger partial charge in [-0.2, -0.15) is 5.10 Å². The topological polar surface area (TPSA) is 106 Å². The normalized spacial score (nSPS) is 11.0. The van der Waals surface area contributed by atoms with Gasteiger partial charge in [0.2, 0.25) is 0 Å². The number of fused-ring (bicyclic) bond motifs is 3. The molecular formula is C14H13N3O5. The van der Waals surface area contributed by atoms with Gasteiger partial charge in [0.05, 0.1) is 25.9 Å². The van der Waals surface area contributed by atoms with Crippen LogP contribution in [0.4, 0.5) is 0 Å². The number of methoxy groups -OCH3 is 2. The van der Waals surface area contributed by atoms with Crippen molar-refractivity contribution >= 4 is 27.8 Å². The van der Waals surface area contributed by atoms with Gasteiger partial charge in [-0.3, -0.25) is 9.59 Å². The van der Waals surface area contributed by atoms with Crippen molar-refractivity contribution in [1.29, 1.82) is 0 Å². The number of carboxylic acid groups (broad SMARTS) is 1.